The largest absolute Gasteiger partial charge is 0.353 e. The Hall–Kier alpha value is -2.77. The lowest BCUT2D eigenvalue weighted by Crippen LogP contribution is -2.56. The summed E-state index contributed by atoms with van der Waals surface area (Å²) in [6, 6.07) is 14.0. The highest BCUT2D eigenvalue weighted by Crippen LogP contribution is 2.22. The van der Waals surface area contributed by atoms with E-state index in [1.165, 1.54) is 16.3 Å². The Kier molecular flexibility index (Phi) is 6.11. The highest BCUT2D eigenvalue weighted by atomic mass is 32.1. The van der Waals surface area contributed by atoms with Crippen LogP contribution in [0.2, 0.25) is 0 Å². The highest BCUT2D eigenvalue weighted by Gasteiger charge is 2.32. The fourth-order valence-electron chi connectivity index (χ4n) is 3.91. The van der Waals surface area contributed by atoms with Gasteiger partial charge in [0.2, 0.25) is 11.8 Å². The average Bonchev–Trinajstić information content (AvgIpc) is 3.15. The SMILES string of the molecule is Cc1csc(CN(C)C(=O)C[C@H]2C(=O)NCCN2Cc2cccc3ccccc23)n1. The van der Waals surface area contributed by atoms with Crippen LogP contribution in [0.25, 0.3) is 10.8 Å². The number of amides is 2. The number of nitrogens with zero attached hydrogens (tertiary/aromatic N) is 3. The summed E-state index contributed by atoms with van der Waals surface area (Å²) < 4.78 is 0. The van der Waals surface area contributed by atoms with Gasteiger partial charge in [0.05, 0.1) is 19.0 Å². The number of fused-ring (bicyclic) bond motifs is 1. The number of piperazine rings is 1. The number of aryl methyl sites for hydroxylation is 1. The van der Waals surface area contributed by atoms with Gasteiger partial charge in [-0.1, -0.05) is 42.5 Å². The van der Waals surface area contributed by atoms with Crippen LogP contribution in [0.3, 0.4) is 0 Å². The Morgan fingerprint density at radius 1 is 1.27 bits per heavy atom. The van der Waals surface area contributed by atoms with Crippen molar-refractivity contribution >= 4 is 33.9 Å². The molecule has 7 heteroatoms. The van der Waals surface area contributed by atoms with Crippen molar-refractivity contribution in [3.05, 3.63) is 64.1 Å². The zero-order chi connectivity index (χ0) is 21.1. The Labute approximate surface area is 180 Å². The smallest absolute Gasteiger partial charge is 0.237 e. The van der Waals surface area contributed by atoms with Crippen LogP contribution < -0.4 is 5.32 Å². The number of hydrogen-bond donors (Lipinski definition) is 1. The van der Waals surface area contributed by atoms with Crippen LogP contribution in [-0.4, -0.2) is 52.8 Å². The van der Waals surface area contributed by atoms with Crippen molar-refractivity contribution in [3.8, 4) is 0 Å². The maximum absolute atomic E-state index is 12.9. The second-order valence-electron chi connectivity index (χ2n) is 7.75. The summed E-state index contributed by atoms with van der Waals surface area (Å²) in [4.78, 5) is 33.7. The molecule has 2 heterocycles. The Morgan fingerprint density at radius 2 is 2.07 bits per heavy atom. The van der Waals surface area contributed by atoms with E-state index in [9.17, 15) is 9.59 Å². The molecule has 2 aromatic carbocycles. The first kappa shape index (κ1) is 20.5. The minimum atomic E-state index is -0.467. The van der Waals surface area contributed by atoms with Crippen LogP contribution in [0, 0.1) is 6.92 Å². The minimum absolute atomic E-state index is 0.0483. The summed E-state index contributed by atoms with van der Waals surface area (Å²) in [5.74, 6) is -0.124. The molecule has 0 unspecified atom stereocenters. The number of carbonyl (C=O) groups excluding carboxylic acids is 2. The van der Waals surface area contributed by atoms with Gasteiger partial charge in [0.15, 0.2) is 0 Å². The van der Waals surface area contributed by atoms with Crippen LogP contribution in [0.15, 0.2) is 47.8 Å². The van der Waals surface area contributed by atoms with Crippen molar-refractivity contribution in [3.63, 3.8) is 0 Å². The Bertz CT molecular complexity index is 1060. The Morgan fingerprint density at radius 3 is 2.87 bits per heavy atom. The van der Waals surface area contributed by atoms with Gasteiger partial charge in [0, 0.05) is 37.8 Å². The van der Waals surface area contributed by atoms with E-state index in [4.69, 9.17) is 0 Å². The topological polar surface area (TPSA) is 65.5 Å². The number of thiazole rings is 1. The molecular formula is C23H26N4O2S. The lowest BCUT2D eigenvalue weighted by molar-refractivity contribution is -0.138. The summed E-state index contributed by atoms with van der Waals surface area (Å²) in [5.41, 5.74) is 2.13. The van der Waals surface area contributed by atoms with Gasteiger partial charge in [0.1, 0.15) is 5.01 Å². The highest BCUT2D eigenvalue weighted by molar-refractivity contribution is 7.09. The summed E-state index contributed by atoms with van der Waals surface area (Å²) in [6.45, 7) is 4.38. The second-order valence-corrected chi connectivity index (χ2v) is 8.69. The van der Waals surface area contributed by atoms with Crippen molar-refractivity contribution < 1.29 is 9.59 Å². The monoisotopic (exact) mass is 422 g/mol. The standard InChI is InChI=1S/C23H26N4O2S/c1-16-15-30-21(25-16)14-26(2)22(28)12-20-23(29)24-10-11-27(20)13-18-8-5-7-17-6-3-4-9-19(17)18/h3-9,15,20H,10-14H2,1-2H3,(H,24,29)/t20-/m0/s1. The van der Waals surface area contributed by atoms with Crippen molar-refractivity contribution in [2.45, 2.75) is 32.5 Å². The van der Waals surface area contributed by atoms with E-state index < -0.39 is 6.04 Å². The van der Waals surface area contributed by atoms with Gasteiger partial charge in [-0.2, -0.15) is 0 Å². The molecule has 1 fully saturated rings. The molecule has 0 radical (unpaired) electrons. The summed E-state index contributed by atoms with van der Waals surface area (Å²) in [7, 11) is 1.77. The van der Waals surface area contributed by atoms with Crippen LogP contribution >= 0.6 is 11.3 Å². The van der Waals surface area contributed by atoms with Crippen molar-refractivity contribution in [2.75, 3.05) is 20.1 Å². The molecule has 0 bridgehead atoms. The molecule has 30 heavy (non-hydrogen) atoms. The number of aromatic nitrogens is 1. The predicted molar refractivity (Wildman–Crippen MR) is 119 cm³/mol. The molecule has 1 aliphatic heterocycles. The van der Waals surface area contributed by atoms with E-state index in [2.05, 4.69) is 39.5 Å². The lowest BCUT2D eigenvalue weighted by atomic mass is 10.0. The molecule has 0 saturated carbocycles. The maximum Gasteiger partial charge on any atom is 0.237 e. The van der Waals surface area contributed by atoms with Gasteiger partial charge >= 0.3 is 0 Å². The van der Waals surface area contributed by atoms with Crippen molar-refractivity contribution in [1.29, 1.82) is 0 Å². The first-order valence-corrected chi connectivity index (χ1v) is 11.0. The molecule has 1 aromatic heterocycles. The molecule has 1 atom stereocenters. The number of nitrogens with one attached hydrogen (secondary N) is 1. The Balaban J connectivity index is 1.48. The number of rotatable bonds is 6. The molecule has 0 aliphatic carbocycles. The van der Waals surface area contributed by atoms with Crippen molar-refractivity contribution in [1.82, 2.24) is 20.1 Å². The summed E-state index contributed by atoms with van der Waals surface area (Å²) in [6.07, 6.45) is 0.164. The average molecular weight is 423 g/mol. The first-order chi connectivity index (χ1) is 14.5. The van der Waals surface area contributed by atoms with E-state index in [0.29, 0.717) is 19.6 Å². The van der Waals surface area contributed by atoms with E-state index >= 15 is 0 Å². The van der Waals surface area contributed by atoms with Crippen LogP contribution in [0.4, 0.5) is 0 Å². The molecule has 2 amide bonds. The molecule has 3 aromatic rings. The van der Waals surface area contributed by atoms with E-state index in [1.54, 1.807) is 23.3 Å². The van der Waals surface area contributed by atoms with E-state index in [0.717, 1.165) is 17.2 Å². The van der Waals surface area contributed by atoms with Gasteiger partial charge in [-0.3, -0.25) is 14.5 Å². The fourth-order valence-corrected chi connectivity index (χ4v) is 4.73. The zero-order valence-electron chi connectivity index (χ0n) is 17.3. The summed E-state index contributed by atoms with van der Waals surface area (Å²) >= 11 is 1.55. The number of hydrogen-bond acceptors (Lipinski definition) is 5. The quantitative estimate of drug-likeness (QED) is 0.663. The number of benzene rings is 2. The number of carbonyl (C=O) groups is 2. The van der Waals surface area contributed by atoms with Gasteiger partial charge < -0.3 is 10.2 Å². The molecule has 0 spiro atoms. The third-order valence-electron chi connectivity index (χ3n) is 5.53. The third kappa shape index (κ3) is 4.52. The van der Waals surface area contributed by atoms with Gasteiger partial charge in [-0.05, 0) is 23.3 Å². The molecule has 1 saturated heterocycles. The maximum atomic E-state index is 12.9. The van der Waals surface area contributed by atoms with Crippen LogP contribution in [-0.2, 0) is 22.7 Å². The molecular weight excluding hydrogens is 396 g/mol. The molecule has 1 aliphatic rings. The molecule has 1 N–H and O–H groups in total. The molecule has 4 rings (SSSR count). The van der Waals surface area contributed by atoms with E-state index in [1.807, 2.05) is 30.5 Å². The lowest BCUT2D eigenvalue weighted by Gasteiger charge is -2.35. The second kappa shape index (κ2) is 8.93. The first-order valence-electron chi connectivity index (χ1n) is 10.1. The van der Waals surface area contributed by atoms with Crippen molar-refractivity contribution in [2.24, 2.45) is 0 Å². The van der Waals surface area contributed by atoms with Crippen LogP contribution in [0.5, 0.6) is 0 Å². The van der Waals surface area contributed by atoms with E-state index in [-0.39, 0.29) is 18.2 Å². The predicted octanol–water partition coefficient (Wildman–Crippen LogP) is 2.95. The molecule has 156 valence electrons. The third-order valence-corrected chi connectivity index (χ3v) is 6.48. The molecule has 6 nitrogen and oxygen atoms in total. The van der Waals surface area contributed by atoms with Gasteiger partial charge in [0.25, 0.3) is 0 Å². The normalized spacial score (nSPS) is 17.1. The van der Waals surface area contributed by atoms with Crippen LogP contribution in [0.1, 0.15) is 22.7 Å². The summed E-state index contributed by atoms with van der Waals surface area (Å²) in [5, 5.41) is 8.18. The minimum Gasteiger partial charge on any atom is -0.353 e. The zero-order valence-corrected chi connectivity index (χ0v) is 18.1. The fraction of sp³-hybridized carbons (Fsp3) is 0.348. The van der Waals surface area contributed by atoms with Gasteiger partial charge in [-0.25, -0.2) is 4.98 Å². The van der Waals surface area contributed by atoms with Gasteiger partial charge in [-0.15, -0.1) is 11.3 Å².